The Hall–Kier alpha value is -2.57. The molecule has 0 saturated carbocycles. The van der Waals surface area contributed by atoms with Crippen molar-refractivity contribution in [3.8, 4) is 0 Å². The van der Waals surface area contributed by atoms with Crippen LogP contribution in [0.3, 0.4) is 0 Å². The summed E-state index contributed by atoms with van der Waals surface area (Å²) in [5.41, 5.74) is 7.41. The van der Waals surface area contributed by atoms with Gasteiger partial charge >= 0.3 is 5.97 Å². The summed E-state index contributed by atoms with van der Waals surface area (Å²) in [6.07, 6.45) is 1.25. The molecule has 0 aliphatic rings. The van der Waals surface area contributed by atoms with Gasteiger partial charge in [-0.25, -0.2) is 4.79 Å². The minimum Gasteiger partial charge on any atom is -0.462 e. The Balaban J connectivity index is 2.10. The van der Waals surface area contributed by atoms with E-state index in [0.29, 0.717) is 35.9 Å². The summed E-state index contributed by atoms with van der Waals surface area (Å²) in [5, 5.41) is 6.70. The van der Waals surface area contributed by atoms with Gasteiger partial charge in [-0.3, -0.25) is 0 Å². The number of hydrogen-bond donors (Lipinski definition) is 2. The number of aromatic nitrogens is 2. The lowest BCUT2D eigenvalue weighted by Crippen LogP contribution is -2.08. The topological polar surface area (TPSA) is 103 Å². The van der Waals surface area contributed by atoms with Crippen molar-refractivity contribution < 1.29 is 14.1 Å². The summed E-state index contributed by atoms with van der Waals surface area (Å²) < 4.78 is 9.55. The van der Waals surface area contributed by atoms with Crippen LogP contribution < -0.4 is 11.1 Å². The zero-order valence-electron chi connectivity index (χ0n) is 10.4. The molecule has 2 aromatic rings. The van der Waals surface area contributed by atoms with Crippen LogP contribution in [0.2, 0.25) is 0 Å². The number of nitrogen functional groups attached to an aromatic ring is 1. The van der Waals surface area contributed by atoms with Gasteiger partial charge in [0.1, 0.15) is 0 Å². The number of nitrogens with zero attached hydrogens (tertiary/aromatic N) is 2. The van der Waals surface area contributed by atoms with Gasteiger partial charge in [-0.05, 0) is 25.1 Å². The van der Waals surface area contributed by atoms with E-state index in [0.717, 1.165) is 0 Å². The van der Waals surface area contributed by atoms with Crippen LogP contribution >= 0.6 is 0 Å². The summed E-state index contributed by atoms with van der Waals surface area (Å²) in [5.74, 6) is 0.117. The van der Waals surface area contributed by atoms with Gasteiger partial charge in [-0.2, -0.15) is 4.98 Å². The standard InChI is InChI=1S/C12H14N4O3/c1-2-18-12(17)8-3-4-9(13)10(5-8)14-6-11-15-7-19-16-11/h3-5,7,14H,2,6,13H2,1H3. The van der Waals surface area contributed by atoms with Crippen molar-refractivity contribution in [1.82, 2.24) is 10.1 Å². The molecule has 1 aromatic carbocycles. The van der Waals surface area contributed by atoms with E-state index in [-0.39, 0.29) is 5.97 Å². The maximum atomic E-state index is 11.6. The Bertz CT molecular complexity index is 554. The van der Waals surface area contributed by atoms with Crippen LogP contribution in [0.15, 0.2) is 29.1 Å². The lowest BCUT2D eigenvalue weighted by molar-refractivity contribution is 0.0526. The maximum absolute atomic E-state index is 11.6. The van der Waals surface area contributed by atoms with Crippen LogP contribution in [-0.2, 0) is 11.3 Å². The first-order valence-electron chi connectivity index (χ1n) is 5.76. The number of carbonyl (C=O) groups is 1. The number of nitrogens with one attached hydrogen (secondary N) is 1. The Kier molecular flexibility index (Phi) is 3.97. The van der Waals surface area contributed by atoms with Crippen LogP contribution in [-0.4, -0.2) is 22.7 Å². The Morgan fingerprint density at radius 1 is 1.53 bits per heavy atom. The molecule has 0 amide bonds. The number of carbonyl (C=O) groups excluding carboxylic acids is 1. The van der Waals surface area contributed by atoms with Crippen LogP contribution in [0.4, 0.5) is 11.4 Å². The summed E-state index contributed by atoms with van der Waals surface area (Å²) in [4.78, 5) is 15.5. The molecule has 3 N–H and O–H groups in total. The van der Waals surface area contributed by atoms with Crippen LogP contribution in [0.1, 0.15) is 23.1 Å². The van der Waals surface area contributed by atoms with Gasteiger partial charge < -0.3 is 20.3 Å². The fourth-order valence-electron chi connectivity index (χ4n) is 1.50. The predicted molar refractivity (Wildman–Crippen MR) is 68.4 cm³/mol. The van der Waals surface area contributed by atoms with Crippen molar-refractivity contribution in [1.29, 1.82) is 0 Å². The fourth-order valence-corrected chi connectivity index (χ4v) is 1.50. The van der Waals surface area contributed by atoms with Gasteiger partial charge in [-0.15, -0.1) is 0 Å². The molecule has 100 valence electrons. The molecule has 1 aromatic heterocycles. The van der Waals surface area contributed by atoms with E-state index in [1.54, 1.807) is 25.1 Å². The van der Waals surface area contributed by atoms with E-state index < -0.39 is 0 Å². The number of rotatable bonds is 5. The van der Waals surface area contributed by atoms with E-state index in [2.05, 4.69) is 20.0 Å². The largest absolute Gasteiger partial charge is 0.462 e. The molecular weight excluding hydrogens is 248 g/mol. The lowest BCUT2D eigenvalue weighted by atomic mass is 10.1. The quantitative estimate of drug-likeness (QED) is 0.620. The molecule has 7 nitrogen and oxygen atoms in total. The van der Waals surface area contributed by atoms with Crippen LogP contribution in [0.5, 0.6) is 0 Å². The maximum Gasteiger partial charge on any atom is 0.338 e. The van der Waals surface area contributed by atoms with Crippen molar-refractivity contribution >= 4 is 17.3 Å². The second-order valence-corrected chi connectivity index (χ2v) is 3.72. The normalized spacial score (nSPS) is 10.2. The zero-order valence-corrected chi connectivity index (χ0v) is 10.4. The highest BCUT2D eigenvalue weighted by molar-refractivity contribution is 5.92. The lowest BCUT2D eigenvalue weighted by Gasteiger charge is -2.09. The van der Waals surface area contributed by atoms with E-state index in [9.17, 15) is 4.79 Å². The third-order valence-electron chi connectivity index (χ3n) is 2.41. The Morgan fingerprint density at radius 3 is 3.05 bits per heavy atom. The molecule has 0 aliphatic carbocycles. The Morgan fingerprint density at radius 2 is 2.37 bits per heavy atom. The molecule has 0 spiro atoms. The van der Waals surface area contributed by atoms with Gasteiger partial charge in [0.15, 0.2) is 5.82 Å². The third-order valence-corrected chi connectivity index (χ3v) is 2.41. The predicted octanol–water partition coefficient (Wildman–Crippen LogP) is 1.44. The zero-order chi connectivity index (χ0) is 13.7. The molecular formula is C12H14N4O3. The van der Waals surface area contributed by atoms with Crippen molar-refractivity contribution in [3.63, 3.8) is 0 Å². The SMILES string of the molecule is CCOC(=O)c1ccc(N)c(NCc2ncon2)c1. The first-order valence-corrected chi connectivity index (χ1v) is 5.76. The molecule has 0 aliphatic heterocycles. The number of esters is 1. The molecule has 7 heteroatoms. The number of nitrogens with two attached hydrogens (primary N) is 1. The highest BCUT2D eigenvalue weighted by Crippen LogP contribution is 2.21. The number of benzene rings is 1. The number of anilines is 2. The summed E-state index contributed by atoms with van der Waals surface area (Å²) in [6.45, 7) is 2.44. The molecule has 0 bridgehead atoms. The Labute approximate surface area is 109 Å². The molecule has 2 rings (SSSR count). The van der Waals surface area contributed by atoms with Crippen molar-refractivity contribution in [2.45, 2.75) is 13.5 Å². The van der Waals surface area contributed by atoms with Gasteiger partial charge in [0.25, 0.3) is 0 Å². The molecule has 0 atom stereocenters. The third kappa shape index (κ3) is 3.21. The van der Waals surface area contributed by atoms with Crippen molar-refractivity contribution in [2.75, 3.05) is 17.7 Å². The second kappa shape index (κ2) is 5.85. The van der Waals surface area contributed by atoms with Crippen LogP contribution in [0, 0.1) is 0 Å². The molecule has 0 saturated heterocycles. The van der Waals surface area contributed by atoms with E-state index in [4.69, 9.17) is 10.5 Å². The molecule has 0 radical (unpaired) electrons. The minimum atomic E-state index is -0.384. The fraction of sp³-hybridized carbons (Fsp3) is 0.250. The van der Waals surface area contributed by atoms with Gasteiger partial charge in [-0.1, -0.05) is 5.16 Å². The molecule has 19 heavy (non-hydrogen) atoms. The highest BCUT2D eigenvalue weighted by Gasteiger charge is 2.09. The monoisotopic (exact) mass is 262 g/mol. The molecule has 0 fully saturated rings. The second-order valence-electron chi connectivity index (χ2n) is 3.72. The first-order chi connectivity index (χ1) is 9.20. The highest BCUT2D eigenvalue weighted by atomic mass is 16.5. The average Bonchev–Trinajstić information content (AvgIpc) is 2.91. The number of hydrogen-bond acceptors (Lipinski definition) is 7. The van der Waals surface area contributed by atoms with Gasteiger partial charge in [0.2, 0.25) is 6.39 Å². The van der Waals surface area contributed by atoms with Gasteiger partial charge in [0.05, 0.1) is 30.1 Å². The molecule has 1 heterocycles. The van der Waals surface area contributed by atoms with E-state index in [1.807, 2.05) is 0 Å². The van der Waals surface area contributed by atoms with Crippen molar-refractivity contribution in [2.24, 2.45) is 0 Å². The number of ether oxygens (including phenoxy) is 1. The molecule has 0 unspecified atom stereocenters. The minimum absolute atomic E-state index is 0.328. The first kappa shape index (κ1) is 12.9. The smallest absolute Gasteiger partial charge is 0.338 e. The summed E-state index contributed by atoms with van der Waals surface area (Å²) >= 11 is 0. The van der Waals surface area contributed by atoms with Crippen molar-refractivity contribution in [3.05, 3.63) is 36.0 Å². The van der Waals surface area contributed by atoms with E-state index >= 15 is 0 Å². The van der Waals surface area contributed by atoms with E-state index in [1.165, 1.54) is 6.39 Å². The average molecular weight is 262 g/mol. The summed E-state index contributed by atoms with van der Waals surface area (Å²) in [7, 11) is 0. The van der Waals surface area contributed by atoms with Crippen LogP contribution in [0.25, 0.3) is 0 Å². The summed E-state index contributed by atoms with van der Waals surface area (Å²) in [6, 6.07) is 4.89. The van der Waals surface area contributed by atoms with Gasteiger partial charge in [0, 0.05) is 0 Å².